The zero-order chi connectivity index (χ0) is 12.8. The number of nitrogens with zero attached hydrogens (tertiary/aromatic N) is 1. The molecule has 0 spiro atoms. The van der Waals surface area contributed by atoms with Crippen LogP contribution in [0.4, 0.5) is 13.2 Å². The predicted molar refractivity (Wildman–Crippen MR) is 46.4 cm³/mol. The molecule has 1 amide bonds. The SMILES string of the molecule is CCOC(=O)C(=O)N(CCO)CC(F)(F)F. The molecule has 0 aliphatic carbocycles. The number of halogens is 3. The lowest BCUT2D eigenvalue weighted by atomic mass is 10.4. The van der Waals surface area contributed by atoms with Crippen molar-refractivity contribution in [3.05, 3.63) is 0 Å². The summed E-state index contributed by atoms with van der Waals surface area (Å²) < 4.78 is 40.3. The van der Waals surface area contributed by atoms with E-state index >= 15 is 0 Å². The molecule has 8 heteroatoms. The molecule has 0 aliphatic rings. The third kappa shape index (κ3) is 5.54. The minimum Gasteiger partial charge on any atom is -0.459 e. The Bertz CT molecular complexity index is 254. The molecule has 0 aromatic rings. The summed E-state index contributed by atoms with van der Waals surface area (Å²) >= 11 is 0. The number of alkyl halides is 3. The minimum atomic E-state index is -4.63. The molecule has 5 nitrogen and oxygen atoms in total. The number of carbonyl (C=O) groups excluding carboxylic acids is 2. The van der Waals surface area contributed by atoms with E-state index in [1.54, 1.807) is 0 Å². The number of aliphatic hydroxyl groups excluding tert-OH is 1. The van der Waals surface area contributed by atoms with Crippen LogP contribution in [-0.2, 0) is 14.3 Å². The monoisotopic (exact) mass is 243 g/mol. The summed E-state index contributed by atoms with van der Waals surface area (Å²) in [6.07, 6.45) is -4.63. The van der Waals surface area contributed by atoms with Gasteiger partial charge in [-0.1, -0.05) is 0 Å². The van der Waals surface area contributed by atoms with Gasteiger partial charge in [0.05, 0.1) is 13.2 Å². The van der Waals surface area contributed by atoms with E-state index in [0.717, 1.165) is 0 Å². The molecule has 0 fully saturated rings. The fourth-order valence-electron chi connectivity index (χ4n) is 0.911. The maximum absolute atomic E-state index is 12.0. The van der Waals surface area contributed by atoms with Crippen molar-refractivity contribution < 1.29 is 32.6 Å². The largest absolute Gasteiger partial charge is 0.459 e. The van der Waals surface area contributed by atoms with Crippen molar-refractivity contribution in [2.24, 2.45) is 0 Å². The average Bonchev–Trinajstić information content (AvgIpc) is 2.14. The molecule has 16 heavy (non-hydrogen) atoms. The third-order valence-corrected chi connectivity index (χ3v) is 1.48. The molecule has 0 saturated heterocycles. The van der Waals surface area contributed by atoms with E-state index in [-0.39, 0.29) is 11.5 Å². The maximum atomic E-state index is 12.0. The summed E-state index contributed by atoms with van der Waals surface area (Å²) in [7, 11) is 0. The Kier molecular flexibility index (Phi) is 5.79. The van der Waals surface area contributed by atoms with Gasteiger partial charge in [0.1, 0.15) is 6.54 Å². The zero-order valence-electron chi connectivity index (χ0n) is 8.58. The molecule has 0 heterocycles. The fraction of sp³-hybridized carbons (Fsp3) is 0.750. The van der Waals surface area contributed by atoms with Crippen LogP contribution in [0.2, 0.25) is 0 Å². The number of esters is 1. The number of carbonyl (C=O) groups is 2. The summed E-state index contributed by atoms with van der Waals surface area (Å²) in [5.74, 6) is -2.77. The Hall–Kier alpha value is -1.31. The predicted octanol–water partition coefficient (Wildman–Crippen LogP) is -0.0673. The van der Waals surface area contributed by atoms with Gasteiger partial charge in [0, 0.05) is 6.54 Å². The first-order chi connectivity index (χ1) is 7.31. The second-order valence-electron chi connectivity index (χ2n) is 2.79. The quantitative estimate of drug-likeness (QED) is 0.554. The van der Waals surface area contributed by atoms with E-state index in [9.17, 15) is 22.8 Å². The molecule has 0 bridgehead atoms. The Morgan fingerprint density at radius 3 is 2.31 bits per heavy atom. The van der Waals surface area contributed by atoms with E-state index < -0.39 is 37.7 Å². The number of amides is 1. The van der Waals surface area contributed by atoms with Gasteiger partial charge in [0.25, 0.3) is 0 Å². The van der Waals surface area contributed by atoms with Gasteiger partial charge in [0.15, 0.2) is 0 Å². The van der Waals surface area contributed by atoms with Crippen molar-refractivity contribution in [3.63, 3.8) is 0 Å². The topological polar surface area (TPSA) is 66.8 Å². The summed E-state index contributed by atoms with van der Waals surface area (Å²) in [5.41, 5.74) is 0. The van der Waals surface area contributed by atoms with Gasteiger partial charge in [-0.2, -0.15) is 13.2 Å². The Morgan fingerprint density at radius 1 is 1.38 bits per heavy atom. The molecule has 0 rings (SSSR count). The van der Waals surface area contributed by atoms with E-state index in [1.165, 1.54) is 6.92 Å². The molecule has 0 aromatic heterocycles. The van der Waals surface area contributed by atoms with Crippen LogP contribution in [-0.4, -0.2) is 54.4 Å². The Labute approximate surface area is 89.8 Å². The van der Waals surface area contributed by atoms with Crippen LogP contribution in [0, 0.1) is 0 Å². The van der Waals surface area contributed by atoms with Crippen molar-refractivity contribution in [2.75, 3.05) is 26.3 Å². The van der Waals surface area contributed by atoms with E-state index in [2.05, 4.69) is 4.74 Å². The standard InChI is InChI=1S/C8H12F3NO4/c1-2-16-7(15)6(14)12(3-4-13)5-8(9,10)11/h13H,2-5H2,1H3. The average molecular weight is 243 g/mol. The lowest BCUT2D eigenvalue weighted by molar-refractivity contribution is -0.172. The highest BCUT2D eigenvalue weighted by atomic mass is 19.4. The smallest absolute Gasteiger partial charge is 0.406 e. The zero-order valence-corrected chi connectivity index (χ0v) is 8.58. The molecule has 0 unspecified atom stereocenters. The molecular formula is C8H12F3NO4. The first-order valence-electron chi connectivity index (χ1n) is 4.45. The highest BCUT2D eigenvalue weighted by Crippen LogP contribution is 2.16. The number of rotatable bonds is 4. The molecule has 0 aromatic carbocycles. The lowest BCUT2D eigenvalue weighted by Gasteiger charge is -2.21. The van der Waals surface area contributed by atoms with Gasteiger partial charge < -0.3 is 14.7 Å². The van der Waals surface area contributed by atoms with Gasteiger partial charge in [0.2, 0.25) is 0 Å². The first kappa shape index (κ1) is 14.7. The number of ether oxygens (including phenoxy) is 1. The Morgan fingerprint density at radius 2 is 1.94 bits per heavy atom. The summed E-state index contributed by atoms with van der Waals surface area (Å²) in [6, 6.07) is 0. The maximum Gasteiger partial charge on any atom is 0.406 e. The van der Waals surface area contributed by atoms with E-state index in [1.807, 2.05) is 0 Å². The van der Waals surface area contributed by atoms with Crippen molar-refractivity contribution in [3.8, 4) is 0 Å². The van der Waals surface area contributed by atoms with Crippen LogP contribution in [0.5, 0.6) is 0 Å². The van der Waals surface area contributed by atoms with Crippen molar-refractivity contribution in [1.82, 2.24) is 4.90 Å². The molecular weight excluding hydrogens is 231 g/mol. The first-order valence-corrected chi connectivity index (χ1v) is 4.45. The van der Waals surface area contributed by atoms with Gasteiger partial charge in [-0.25, -0.2) is 4.79 Å². The van der Waals surface area contributed by atoms with Crippen LogP contribution in [0.1, 0.15) is 6.92 Å². The highest BCUT2D eigenvalue weighted by Gasteiger charge is 2.35. The lowest BCUT2D eigenvalue weighted by Crippen LogP contribution is -2.44. The van der Waals surface area contributed by atoms with Crippen molar-refractivity contribution in [2.45, 2.75) is 13.1 Å². The van der Waals surface area contributed by atoms with Crippen LogP contribution in [0.3, 0.4) is 0 Å². The molecule has 0 saturated carbocycles. The van der Waals surface area contributed by atoms with Crippen LogP contribution in [0.15, 0.2) is 0 Å². The van der Waals surface area contributed by atoms with Gasteiger partial charge in [-0.15, -0.1) is 0 Å². The normalized spacial score (nSPS) is 11.1. The highest BCUT2D eigenvalue weighted by molar-refractivity contribution is 6.32. The van der Waals surface area contributed by atoms with Crippen LogP contribution < -0.4 is 0 Å². The fourth-order valence-corrected chi connectivity index (χ4v) is 0.911. The number of hydrogen-bond acceptors (Lipinski definition) is 4. The summed E-state index contributed by atoms with van der Waals surface area (Å²) in [4.78, 5) is 22.2. The molecule has 94 valence electrons. The second-order valence-corrected chi connectivity index (χ2v) is 2.79. The van der Waals surface area contributed by atoms with Crippen LogP contribution >= 0.6 is 0 Å². The third-order valence-electron chi connectivity index (χ3n) is 1.48. The summed E-state index contributed by atoms with van der Waals surface area (Å²) in [6.45, 7) is -1.52. The molecule has 0 radical (unpaired) electrons. The van der Waals surface area contributed by atoms with Gasteiger partial charge >= 0.3 is 18.1 Å². The van der Waals surface area contributed by atoms with Gasteiger partial charge in [-0.3, -0.25) is 4.79 Å². The van der Waals surface area contributed by atoms with Crippen molar-refractivity contribution in [1.29, 1.82) is 0 Å². The second kappa shape index (κ2) is 6.31. The van der Waals surface area contributed by atoms with Crippen LogP contribution in [0.25, 0.3) is 0 Å². The molecule has 0 atom stereocenters. The molecule has 1 N–H and O–H groups in total. The van der Waals surface area contributed by atoms with E-state index in [0.29, 0.717) is 0 Å². The Balaban J connectivity index is 4.52. The van der Waals surface area contributed by atoms with Crippen molar-refractivity contribution >= 4 is 11.9 Å². The number of hydrogen-bond donors (Lipinski definition) is 1. The summed E-state index contributed by atoms with van der Waals surface area (Å²) in [5, 5.41) is 8.48. The van der Waals surface area contributed by atoms with Gasteiger partial charge in [-0.05, 0) is 6.92 Å². The number of aliphatic hydroxyl groups is 1. The molecule has 0 aliphatic heterocycles. The minimum absolute atomic E-state index is 0.108. The van der Waals surface area contributed by atoms with E-state index in [4.69, 9.17) is 5.11 Å².